The fraction of sp³-hybridized carbons (Fsp3) is 0.667. The van der Waals surface area contributed by atoms with E-state index in [4.69, 9.17) is 27.3 Å². The molecule has 0 aliphatic carbocycles. The van der Waals surface area contributed by atoms with Gasteiger partial charge in [0, 0.05) is 25.9 Å². The summed E-state index contributed by atoms with van der Waals surface area (Å²) in [5.74, 6) is -0.143. The lowest BCUT2D eigenvalue weighted by Crippen LogP contribution is -2.30. The van der Waals surface area contributed by atoms with Crippen molar-refractivity contribution >= 4 is 36.8 Å². The normalized spacial score (nSPS) is 13.9. The number of nitrogens with zero attached hydrogens (tertiary/aromatic N) is 3. The first-order valence-corrected chi connectivity index (χ1v) is 9.93. The number of carbonyl (C=O) groups is 1. The Balaban J connectivity index is 0.000000449. The van der Waals surface area contributed by atoms with Gasteiger partial charge in [0.05, 0.1) is 0 Å². The molecule has 24 heavy (non-hydrogen) atoms. The van der Waals surface area contributed by atoms with Gasteiger partial charge in [-0.15, -0.1) is 0 Å². The third-order valence-corrected chi connectivity index (χ3v) is 3.71. The molecule has 0 amide bonds. The van der Waals surface area contributed by atoms with Crippen LogP contribution in [-0.4, -0.2) is 62.9 Å². The molecule has 1 aromatic heterocycles. The first kappa shape index (κ1) is 22.5. The lowest BCUT2D eigenvalue weighted by atomic mass is 10.2. The van der Waals surface area contributed by atoms with Gasteiger partial charge < -0.3 is 26.4 Å². The third-order valence-electron chi connectivity index (χ3n) is 2.45. The Morgan fingerprint density at radius 1 is 1.25 bits per heavy atom. The van der Waals surface area contributed by atoms with Gasteiger partial charge in [0.2, 0.25) is 17.2 Å². The maximum atomic E-state index is 10.6. The molecule has 0 bridgehead atoms. The molecule has 2 atom stereocenters. The first-order chi connectivity index (χ1) is 11.1. The fourth-order valence-electron chi connectivity index (χ4n) is 1.33. The number of hydrogen-bond donors (Lipinski definition) is 5. The van der Waals surface area contributed by atoms with E-state index in [1.54, 1.807) is 0 Å². The Kier molecular flexibility index (Phi) is 10.5. The minimum atomic E-state index is -3.10. The van der Waals surface area contributed by atoms with Gasteiger partial charge in [-0.3, -0.25) is 9.36 Å². The molecule has 0 aromatic carbocycles. The Morgan fingerprint density at radius 2 is 1.71 bits per heavy atom. The van der Waals surface area contributed by atoms with Crippen molar-refractivity contribution in [3.05, 3.63) is 5.28 Å². The zero-order chi connectivity index (χ0) is 18.8. The minimum Gasteiger partial charge on any atom is -0.480 e. The lowest BCUT2D eigenvalue weighted by Gasteiger charge is -2.07. The molecule has 0 saturated heterocycles. The summed E-state index contributed by atoms with van der Waals surface area (Å²) in [7, 11) is -3.10. The van der Waals surface area contributed by atoms with E-state index in [2.05, 4.69) is 25.6 Å². The Labute approximate surface area is 145 Å². The van der Waals surface area contributed by atoms with Gasteiger partial charge in [0.25, 0.3) is 0 Å². The highest BCUT2D eigenvalue weighted by atomic mass is 35.5. The summed E-state index contributed by atoms with van der Waals surface area (Å²) in [6, 6.07) is -1.03. The van der Waals surface area contributed by atoms with Crippen LogP contribution in [0.15, 0.2) is 0 Å². The highest BCUT2D eigenvalue weighted by Gasteiger charge is 2.16. The molecule has 1 heterocycles. The van der Waals surface area contributed by atoms with Crippen molar-refractivity contribution in [2.24, 2.45) is 5.73 Å². The first-order valence-electron chi connectivity index (χ1n) is 7.26. The number of anilines is 2. The van der Waals surface area contributed by atoms with E-state index in [1.807, 2.05) is 13.8 Å². The summed E-state index contributed by atoms with van der Waals surface area (Å²) < 4.78 is 10.6. The van der Waals surface area contributed by atoms with Crippen molar-refractivity contribution in [1.29, 1.82) is 0 Å². The highest BCUT2D eigenvalue weighted by Crippen LogP contribution is 2.35. The van der Waals surface area contributed by atoms with Crippen molar-refractivity contribution in [2.75, 3.05) is 36.5 Å². The second kappa shape index (κ2) is 11.1. The smallest absolute Gasteiger partial charge is 0.320 e. The quantitative estimate of drug-likeness (QED) is 0.411. The molecule has 0 saturated carbocycles. The molecule has 138 valence electrons. The molecular weight excluding hydrogens is 359 g/mol. The van der Waals surface area contributed by atoms with Crippen LogP contribution in [0.3, 0.4) is 0 Å². The van der Waals surface area contributed by atoms with Crippen LogP contribution in [0.4, 0.5) is 11.9 Å². The van der Waals surface area contributed by atoms with Gasteiger partial charge in [0.15, 0.2) is 7.37 Å². The van der Waals surface area contributed by atoms with Crippen molar-refractivity contribution < 1.29 is 19.4 Å². The minimum absolute atomic E-state index is 0.0412. The van der Waals surface area contributed by atoms with Crippen LogP contribution < -0.4 is 16.4 Å². The van der Waals surface area contributed by atoms with Gasteiger partial charge in [-0.1, -0.05) is 0 Å². The van der Waals surface area contributed by atoms with E-state index < -0.39 is 19.4 Å². The lowest BCUT2D eigenvalue weighted by molar-refractivity contribution is -0.138. The van der Waals surface area contributed by atoms with Crippen LogP contribution in [0, 0.1) is 0 Å². The van der Waals surface area contributed by atoms with Crippen LogP contribution in [0.2, 0.25) is 5.28 Å². The van der Waals surface area contributed by atoms with Crippen LogP contribution >= 0.6 is 19.0 Å². The zero-order valence-corrected chi connectivity index (χ0v) is 15.5. The van der Waals surface area contributed by atoms with Crippen molar-refractivity contribution in [3.63, 3.8) is 0 Å². The third kappa shape index (κ3) is 11.1. The molecule has 12 heteroatoms. The van der Waals surface area contributed by atoms with Crippen molar-refractivity contribution in [2.45, 2.75) is 26.3 Å². The van der Waals surface area contributed by atoms with E-state index in [0.29, 0.717) is 11.9 Å². The summed E-state index contributed by atoms with van der Waals surface area (Å²) in [4.78, 5) is 30.8. The number of rotatable bonds is 8. The van der Waals surface area contributed by atoms with Gasteiger partial charge >= 0.3 is 5.97 Å². The summed E-state index contributed by atoms with van der Waals surface area (Å²) >= 11 is 5.68. The van der Waals surface area contributed by atoms with Crippen molar-refractivity contribution in [3.8, 4) is 0 Å². The fourth-order valence-corrected chi connectivity index (χ4v) is 2.24. The zero-order valence-electron chi connectivity index (χ0n) is 13.9. The Bertz CT molecular complexity index is 546. The maximum Gasteiger partial charge on any atom is 0.320 e. The maximum absolute atomic E-state index is 10.6. The molecule has 0 radical (unpaired) electrons. The van der Waals surface area contributed by atoms with E-state index in [1.165, 1.54) is 6.66 Å². The van der Waals surface area contributed by atoms with Crippen LogP contribution in [-0.2, 0) is 9.36 Å². The molecule has 2 unspecified atom stereocenters. The molecule has 1 aromatic rings. The number of carboxylic acid groups (broad SMARTS) is 1. The number of nitrogens with one attached hydrogen (secondary N) is 2. The average molecular weight is 383 g/mol. The standard InChI is InChI=1S/C7H12ClN5.C5H12NO4P/c1-3-9-6-11-5(8)12-7(13-6)10-4-2;1-11(9,10)3-2-4(6)5(7)8/h3-4H2,1-2H3,(H2,9,10,11,12,13);4H,2-3,6H2,1H3,(H,7,8)(H,9,10). The number of hydrogen-bond acceptors (Lipinski definition) is 8. The Morgan fingerprint density at radius 3 is 2.04 bits per heavy atom. The van der Waals surface area contributed by atoms with Crippen LogP contribution in [0.25, 0.3) is 0 Å². The summed E-state index contributed by atoms with van der Waals surface area (Å²) in [5.41, 5.74) is 5.09. The molecular formula is C12H24ClN6O4P. The number of halogens is 1. The second-order valence-corrected chi connectivity index (χ2v) is 7.71. The summed E-state index contributed by atoms with van der Waals surface area (Å²) in [6.07, 6.45) is 0.0000772. The van der Waals surface area contributed by atoms with E-state index in [-0.39, 0.29) is 17.9 Å². The largest absolute Gasteiger partial charge is 0.480 e. The topological polar surface area (TPSA) is 163 Å². The summed E-state index contributed by atoms with van der Waals surface area (Å²) in [5, 5.41) is 14.4. The predicted molar refractivity (Wildman–Crippen MR) is 94.0 cm³/mol. The monoisotopic (exact) mass is 382 g/mol. The molecule has 10 nitrogen and oxygen atoms in total. The molecule has 1 rings (SSSR count). The van der Waals surface area contributed by atoms with Crippen molar-refractivity contribution in [1.82, 2.24) is 15.0 Å². The molecule has 6 N–H and O–H groups in total. The predicted octanol–water partition coefficient (Wildman–Crippen LogP) is 1.08. The van der Waals surface area contributed by atoms with Crippen LogP contribution in [0.5, 0.6) is 0 Å². The second-order valence-electron chi connectivity index (χ2n) is 4.82. The number of aromatic nitrogens is 3. The molecule has 0 aliphatic heterocycles. The number of aliphatic carboxylic acids is 1. The highest BCUT2D eigenvalue weighted by molar-refractivity contribution is 7.57. The number of nitrogens with two attached hydrogens (primary N) is 1. The van der Waals surface area contributed by atoms with Gasteiger partial charge in [0.1, 0.15) is 6.04 Å². The van der Waals surface area contributed by atoms with Gasteiger partial charge in [-0.25, -0.2) is 0 Å². The molecule has 0 fully saturated rings. The molecule has 0 aliphatic rings. The number of carboxylic acids is 1. The SMILES string of the molecule is CCNc1nc(Cl)nc(NCC)n1.CP(=O)(O)CCC(N)C(=O)O. The Hall–Kier alpha value is -1.48. The molecule has 0 spiro atoms. The average Bonchev–Trinajstić information content (AvgIpc) is 2.44. The van der Waals surface area contributed by atoms with Gasteiger partial charge in [-0.05, 0) is 31.9 Å². The van der Waals surface area contributed by atoms with Gasteiger partial charge in [-0.2, -0.15) is 15.0 Å². The van der Waals surface area contributed by atoms with E-state index in [0.717, 1.165) is 13.1 Å². The van der Waals surface area contributed by atoms with E-state index in [9.17, 15) is 9.36 Å². The van der Waals surface area contributed by atoms with E-state index >= 15 is 0 Å². The van der Waals surface area contributed by atoms with Crippen LogP contribution in [0.1, 0.15) is 20.3 Å². The summed E-state index contributed by atoms with van der Waals surface area (Å²) in [6.45, 7) is 6.62.